The van der Waals surface area contributed by atoms with Gasteiger partial charge in [-0.1, -0.05) is 48.0 Å². The molecule has 27 heavy (non-hydrogen) atoms. The van der Waals surface area contributed by atoms with E-state index in [4.69, 9.17) is 9.47 Å². The quantitative estimate of drug-likeness (QED) is 0.707. The lowest BCUT2D eigenvalue weighted by Gasteiger charge is -2.32. The molecular weight excluding hydrogens is 340 g/mol. The molecule has 0 bridgehead atoms. The first-order chi connectivity index (χ1) is 13.0. The Hall–Kier alpha value is -2.62. The Bertz CT molecular complexity index is 782. The molecule has 0 aromatic heterocycles. The molecule has 2 unspecified atom stereocenters. The van der Waals surface area contributed by atoms with Crippen LogP contribution < -0.4 is 0 Å². The summed E-state index contributed by atoms with van der Waals surface area (Å²) in [5.41, 5.74) is 1.98. The fourth-order valence-corrected chi connectivity index (χ4v) is 3.94. The van der Waals surface area contributed by atoms with Crippen molar-refractivity contribution < 1.29 is 19.1 Å². The zero-order valence-electron chi connectivity index (χ0n) is 15.9. The molecule has 1 aliphatic carbocycles. The van der Waals surface area contributed by atoms with Crippen molar-refractivity contribution in [1.82, 2.24) is 0 Å². The van der Waals surface area contributed by atoms with Crippen LogP contribution in [0.1, 0.15) is 47.2 Å². The van der Waals surface area contributed by atoms with Gasteiger partial charge in [-0.25, -0.2) is 4.79 Å². The topological polar surface area (TPSA) is 52.6 Å². The molecule has 1 fully saturated rings. The van der Waals surface area contributed by atoms with Crippen LogP contribution in [0.25, 0.3) is 0 Å². The van der Waals surface area contributed by atoms with Crippen LogP contribution in [0.3, 0.4) is 0 Å². The van der Waals surface area contributed by atoms with Gasteiger partial charge in [0.2, 0.25) is 0 Å². The van der Waals surface area contributed by atoms with Crippen LogP contribution in [-0.2, 0) is 20.7 Å². The lowest BCUT2D eigenvalue weighted by molar-refractivity contribution is -0.159. The monoisotopic (exact) mass is 366 g/mol. The number of benzene rings is 2. The number of hydrogen-bond donors (Lipinski definition) is 0. The fourth-order valence-electron chi connectivity index (χ4n) is 3.94. The van der Waals surface area contributed by atoms with Crippen LogP contribution in [0.15, 0.2) is 54.6 Å². The molecule has 0 amide bonds. The van der Waals surface area contributed by atoms with E-state index in [-0.39, 0.29) is 11.9 Å². The summed E-state index contributed by atoms with van der Waals surface area (Å²) in [5.74, 6) is -0.660. The van der Waals surface area contributed by atoms with Gasteiger partial charge in [0, 0.05) is 0 Å². The van der Waals surface area contributed by atoms with E-state index in [1.54, 1.807) is 12.1 Å². The summed E-state index contributed by atoms with van der Waals surface area (Å²) in [4.78, 5) is 25.3. The van der Waals surface area contributed by atoms with Crippen molar-refractivity contribution in [2.75, 3.05) is 7.11 Å². The van der Waals surface area contributed by atoms with E-state index in [1.165, 1.54) is 7.11 Å². The van der Waals surface area contributed by atoms with Gasteiger partial charge in [0.05, 0.1) is 12.7 Å². The Labute approximate surface area is 160 Å². The molecule has 0 heterocycles. The molecule has 4 heteroatoms. The van der Waals surface area contributed by atoms with E-state index < -0.39 is 11.5 Å². The SMILES string of the molecule is COC(=O)C1(CCc2ccccc2)CCCC1OC(=O)c1ccc(C)cc1. The molecule has 1 saturated carbocycles. The molecule has 0 spiro atoms. The highest BCUT2D eigenvalue weighted by Gasteiger charge is 2.51. The fraction of sp³-hybridized carbons (Fsp3) is 0.391. The Balaban J connectivity index is 1.78. The van der Waals surface area contributed by atoms with Crippen molar-refractivity contribution in [2.24, 2.45) is 5.41 Å². The maximum atomic E-state index is 12.7. The number of esters is 2. The van der Waals surface area contributed by atoms with Crippen molar-refractivity contribution in [2.45, 2.75) is 45.1 Å². The molecule has 1 aliphatic rings. The highest BCUT2D eigenvalue weighted by atomic mass is 16.6. The minimum atomic E-state index is -0.773. The van der Waals surface area contributed by atoms with Crippen molar-refractivity contribution >= 4 is 11.9 Å². The molecule has 3 rings (SSSR count). The van der Waals surface area contributed by atoms with E-state index >= 15 is 0 Å². The maximum absolute atomic E-state index is 12.7. The van der Waals surface area contributed by atoms with Crippen molar-refractivity contribution in [3.8, 4) is 0 Å². The van der Waals surface area contributed by atoms with E-state index in [9.17, 15) is 9.59 Å². The Morgan fingerprint density at radius 1 is 1.07 bits per heavy atom. The number of rotatable bonds is 6. The number of carbonyl (C=O) groups is 2. The molecule has 0 saturated heterocycles. The van der Waals surface area contributed by atoms with Crippen LogP contribution in [0.5, 0.6) is 0 Å². The summed E-state index contributed by atoms with van der Waals surface area (Å²) in [6.45, 7) is 1.97. The number of carbonyl (C=O) groups excluding carboxylic acids is 2. The zero-order valence-corrected chi connectivity index (χ0v) is 15.9. The third kappa shape index (κ3) is 4.21. The van der Waals surface area contributed by atoms with Crippen molar-refractivity contribution in [1.29, 1.82) is 0 Å². The van der Waals surface area contributed by atoms with E-state index in [2.05, 4.69) is 0 Å². The second-order valence-corrected chi connectivity index (χ2v) is 7.29. The number of aryl methyl sites for hydroxylation is 2. The van der Waals surface area contributed by atoms with E-state index in [0.717, 1.165) is 24.0 Å². The van der Waals surface area contributed by atoms with Gasteiger partial charge < -0.3 is 9.47 Å². The molecule has 2 aromatic carbocycles. The van der Waals surface area contributed by atoms with Crippen LogP contribution in [0.2, 0.25) is 0 Å². The summed E-state index contributed by atoms with van der Waals surface area (Å²) < 4.78 is 11.0. The summed E-state index contributed by atoms with van der Waals surface area (Å²) in [7, 11) is 1.41. The third-order valence-electron chi connectivity index (χ3n) is 5.54. The first kappa shape index (κ1) is 19.2. The predicted molar refractivity (Wildman–Crippen MR) is 103 cm³/mol. The lowest BCUT2D eigenvalue weighted by atomic mass is 9.78. The van der Waals surface area contributed by atoms with Gasteiger partial charge in [0.25, 0.3) is 0 Å². The van der Waals surface area contributed by atoms with Gasteiger partial charge in [-0.3, -0.25) is 4.79 Å². The number of ether oxygens (including phenoxy) is 2. The Morgan fingerprint density at radius 2 is 1.78 bits per heavy atom. The smallest absolute Gasteiger partial charge is 0.338 e. The van der Waals surface area contributed by atoms with Gasteiger partial charge in [0.15, 0.2) is 0 Å². The van der Waals surface area contributed by atoms with Crippen molar-refractivity contribution in [3.63, 3.8) is 0 Å². The van der Waals surface area contributed by atoms with Gasteiger partial charge in [0.1, 0.15) is 11.5 Å². The zero-order chi connectivity index (χ0) is 19.3. The third-order valence-corrected chi connectivity index (χ3v) is 5.54. The highest BCUT2D eigenvalue weighted by Crippen LogP contribution is 2.45. The van der Waals surface area contributed by atoms with Gasteiger partial charge in [-0.2, -0.15) is 0 Å². The largest absolute Gasteiger partial charge is 0.468 e. The van der Waals surface area contributed by atoms with Crippen LogP contribution in [0.4, 0.5) is 0 Å². The molecular formula is C23H26O4. The second kappa shape index (κ2) is 8.38. The van der Waals surface area contributed by atoms with Gasteiger partial charge in [-0.15, -0.1) is 0 Å². The molecule has 2 aromatic rings. The van der Waals surface area contributed by atoms with Crippen LogP contribution in [0, 0.1) is 12.3 Å². The van der Waals surface area contributed by atoms with Gasteiger partial charge >= 0.3 is 11.9 Å². The van der Waals surface area contributed by atoms with Crippen LogP contribution >= 0.6 is 0 Å². The molecule has 0 aliphatic heterocycles. The maximum Gasteiger partial charge on any atom is 0.338 e. The standard InChI is InChI=1S/C23H26O4/c1-17-10-12-19(13-11-17)21(24)27-20-9-6-15-23(20,22(25)26-2)16-14-18-7-4-3-5-8-18/h3-5,7-8,10-13,20H,6,9,14-16H2,1-2H3. The summed E-state index contributed by atoms with van der Waals surface area (Å²) in [6, 6.07) is 17.3. The predicted octanol–water partition coefficient (Wildman–Crippen LogP) is 4.50. The minimum Gasteiger partial charge on any atom is -0.468 e. The van der Waals surface area contributed by atoms with E-state index in [1.807, 2.05) is 49.4 Å². The Morgan fingerprint density at radius 3 is 2.44 bits per heavy atom. The number of methoxy groups -OCH3 is 1. The molecule has 4 nitrogen and oxygen atoms in total. The minimum absolute atomic E-state index is 0.280. The highest BCUT2D eigenvalue weighted by molar-refractivity contribution is 5.90. The Kier molecular flexibility index (Phi) is 5.94. The average Bonchev–Trinajstić information content (AvgIpc) is 3.10. The number of hydrogen-bond acceptors (Lipinski definition) is 4. The van der Waals surface area contributed by atoms with Gasteiger partial charge in [-0.05, 0) is 56.7 Å². The molecule has 0 radical (unpaired) electrons. The van der Waals surface area contributed by atoms with Crippen LogP contribution in [-0.4, -0.2) is 25.2 Å². The first-order valence-corrected chi connectivity index (χ1v) is 9.45. The molecule has 2 atom stereocenters. The summed E-state index contributed by atoms with van der Waals surface area (Å²) in [5, 5.41) is 0. The second-order valence-electron chi connectivity index (χ2n) is 7.29. The van der Waals surface area contributed by atoms with Crippen molar-refractivity contribution in [3.05, 3.63) is 71.3 Å². The summed E-state index contributed by atoms with van der Waals surface area (Å²) in [6.07, 6.45) is 3.10. The molecule has 142 valence electrons. The normalized spacial score (nSPS) is 21.6. The average molecular weight is 366 g/mol. The van der Waals surface area contributed by atoms with E-state index in [0.29, 0.717) is 24.8 Å². The lowest BCUT2D eigenvalue weighted by Crippen LogP contribution is -2.42. The summed E-state index contributed by atoms with van der Waals surface area (Å²) >= 11 is 0. The first-order valence-electron chi connectivity index (χ1n) is 9.45. The molecule has 0 N–H and O–H groups in total.